The van der Waals surface area contributed by atoms with Gasteiger partial charge in [0.25, 0.3) is 5.91 Å². The van der Waals surface area contributed by atoms with Gasteiger partial charge in [0.1, 0.15) is 11.5 Å². The molecule has 1 atom stereocenters. The van der Waals surface area contributed by atoms with Crippen LogP contribution >= 0.6 is 0 Å². The molecule has 2 aromatic rings. The largest absolute Gasteiger partial charge is 0.467 e. The third-order valence-corrected chi connectivity index (χ3v) is 3.45. The molecule has 1 unspecified atom stereocenters. The van der Waals surface area contributed by atoms with Gasteiger partial charge in [0.05, 0.1) is 25.5 Å². The van der Waals surface area contributed by atoms with E-state index in [2.05, 4.69) is 0 Å². The molecule has 0 aliphatic rings. The second kappa shape index (κ2) is 6.43. The van der Waals surface area contributed by atoms with Crippen molar-refractivity contribution in [2.75, 3.05) is 6.61 Å². The lowest BCUT2D eigenvalue weighted by atomic mass is 10.1. The van der Waals surface area contributed by atoms with Crippen LogP contribution in [0.4, 0.5) is 0 Å². The number of amides is 1. The number of furan rings is 1. The molecular weight excluding hydrogens is 256 g/mol. The van der Waals surface area contributed by atoms with Gasteiger partial charge in [-0.2, -0.15) is 0 Å². The van der Waals surface area contributed by atoms with Crippen molar-refractivity contribution in [1.29, 1.82) is 0 Å². The van der Waals surface area contributed by atoms with E-state index in [4.69, 9.17) is 4.42 Å². The Bertz CT molecular complexity index is 541. The fraction of sp³-hybridized carbons (Fsp3) is 0.400. The van der Waals surface area contributed by atoms with Crippen molar-refractivity contribution in [2.45, 2.75) is 25.9 Å². The molecule has 108 valence electrons. The zero-order valence-electron chi connectivity index (χ0n) is 11.8. The monoisotopic (exact) mass is 276 g/mol. The third kappa shape index (κ3) is 2.93. The molecule has 5 nitrogen and oxygen atoms in total. The van der Waals surface area contributed by atoms with E-state index in [-0.39, 0.29) is 18.6 Å². The van der Waals surface area contributed by atoms with Crippen molar-refractivity contribution in [3.63, 3.8) is 0 Å². The Labute approximate surface area is 118 Å². The summed E-state index contributed by atoms with van der Waals surface area (Å²) in [5.74, 6) is 0.606. The fourth-order valence-corrected chi connectivity index (χ4v) is 2.22. The van der Waals surface area contributed by atoms with E-state index in [1.54, 1.807) is 27.9 Å². The van der Waals surface area contributed by atoms with Gasteiger partial charge in [0.2, 0.25) is 0 Å². The number of rotatable bonds is 6. The minimum Gasteiger partial charge on any atom is -0.467 e. The Hall–Kier alpha value is -2.01. The SMILES string of the molecule is CCC(CO)N(Cc1ccco1)C(=O)c1cccn1C. The number of carbonyl (C=O) groups is 1. The maximum Gasteiger partial charge on any atom is 0.271 e. The maximum absolute atomic E-state index is 12.7. The number of carbonyl (C=O) groups excluding carboxylic acids is 1. The molecular formula is C15H20N2O3. The zero-order valence-corrected chi connectivity index (χ0v) is 11.8. The molecule has 0 saturated carbocycles. The summed E-state index contributed by atoms with van der Waals surface area (Å²) < 4.78 is 7.10. The van der Waals surface area contributed by atoms with Gasteiger partial charge >= 0.3 is 0 Å². The molecule has 2 rings (SSSR count). The molecule has 5 heteroatoms. The van der Waals surface area contributed by atoms with E-state index < -0.39 is 0 Å². The van der Waals surface area contributed by atoms with Crippen LogP contribution in [-0.4, -0.2) is 33.1 Å². The van der Waals surface area contributed by atoms with Crippen LogP contribution in [0.1, 0.15) is 29.6 Å². The lowest BCUT2D eigenvalue weighted by Crippen LogP contribution is -2.42. The highest BCUT2D eigenvalue weighted by molar-refractivity contribution is 5.93. The Morgan fingerprint density at radius 1 is 1.45 bits per heavy atom. The molecule has 2 heterocycles. The van der Waals surface area contributed by atoms with Gasteiger partial charge in [0, 0.05) is 13.2 Å². The van der Waals surface area contributed by atoms with Crippen molar-refractivity contribution in [3.8, 4) is 0 Å². The second-order valence-electron chi connectivity index (χ2n) is 4.76. The molecule has 0 radical (unpaired) electrons. The van der Waals surface area contributed by atoms with E-state index in [9.17, 15) is 9.90 Å². The normalized spacial score (nSPS) is 12.3. The lowest BCUT2D eigenvalue weighted by Gasteiger charge is -2.29. The van der Waals surface area contributed by atoms with E-state index in [0.29, 0.717) is 24.4 Å². The molecule has 0 aromatic carbocycles. The number of aromatic nitrogens is 1. The van der Waals surface area contributed by atoms with Crippen molar-refractivity contribution in [2.24, 2.45) is 7.05 Å². The van der Waals surface area contributed by atoms with Crippen LogP contribution in [0, 0.1) is 0 Å². The lowest BCUT2D eigenvalue weighted by molar-refractivity contribution is 0.0535. The summed E-state index contributed by atoms with van der Waals surface area (Å²) in [6, 6.07) is 7.01. The summed E-state index contributed by atoms with van der Waals surface area (Å²) in [5, 5.41) is 9.51. The molecule has 0 aliphatic heterocycles. The molecule has 0 bridgehead atoms. The summed E-state index contributed by atoms with van der Waals surface area (Å²) in [6.07, 6.45) is 4.10. The molecule has 0 saturated heterocycles. The molecule has 0 aliphatic carbocycles. The van der Waals surface area contributed by atoms with E-state index in [1.165, 1.54) is 0 Å². The second-order valence-corrected chi connectivity index (χ2v) is 4.76. The number of hydrogen-bond acceptors (Lipinski definition) is 3. The van der Waals surface area contributed by atoms with Crippen LogP contribution in [0.3, 0.4) is 0 Å². The molecule has 2 aromatic heterocycles. The van der Waals surface area contributed by atoms with Gasteiger partial charge in [-0.25, -0.2) is 0 Å². The first-order valence-electron chi connectivity index (χ1n) is 6.73. The summed E-state index contributed by atoms with van der Waals surface area (Å²) in [7, 11) is 1.83. The number of aliphatic hydroxyl groups is 1. The van der Waals surface area contributed by atoms with Gasteiger partial charge in [-0.3, -0.25) is 4.79 Å². The predicted molar refractivity (Wildman–Crippen MR) is 75.2 cm³/mol. The zero-order chi connectivity index (χ0) is 14.5. The average Bonchev–Trinajstić information content (AvgIpc) is 3.09. The van der Waals surface area contributed by atoms with E-state index in [0.717, 1.165) is 0 Å². The van der Waals surface area contributed by atoms with Crippen LogP contribution < -0.4 is 0 Å². The quantitative estimate of drug-likeness (QED) is 0.878. The molecule has 1 N–H and O–H groups in total. The Balaban J connectivity index is 2.26. The van der Waals surface area contributed by atoms with Gasteiger partial charge < -0.3 is 19.0 Å². The Morgan fingerprint density at radius 2 is 2.25 bits per heavy atom. The van der Waals surface area contributed by atoms with Crippen molar-refractivity contribution in [3.05, 3.63) is 48.2 Å². The summed E-state index contributed by atoms with van der Waals surface area (Å²) in [5.41, 5.74) is 0.600. The molecule has 0 spiro atoms. The minimum atomic E-state index is -0.220. The van der Waals surface area contributed by atoms with Crippen LogP contribution in [0.25, 0.3) is 0 Å². The highest BCUT2D eigenvalue weighted by atomic mass is 16.3. The fourth-order valence-electron chi connectivity index (χ4n) is 2.22. The number of hydrogen-bond donors (Lipinski definition) is 1. The van der Waals surface area contributed by atoms with Crippen molar-refractivity contribution < 1.29 is 14.3 Å². The topological polar surface area (TPSA) is 58.6 Å². The smallest absolute Gasteiger partial charge is 0.271 e. The number of aryl methyl sites for hydroxylation is 1. The van der Waals surface area contributed by atoms with Gasteiger partial charge in [0.15, 0.2) is 0 Å². The number of nitrogens with zero attached hydrogens (tertiary/aromatic N) is 2. The van der Waals surface area contributed by atoms with Crippen LogP contribution in [0.15, 0.2) is 41.1 Å². The van der Waals surface area contributed by atoms with Gasteiger partial charge in [-0.05, 0) is 30.7 Å². The first kappa shape index (κ1) is 14.4. The van der Waals surface area contributed by atoms with Crippen LogP contribution in [-0.2, 0) is 13.6 Å². The summed E-state index contributed by atoms with van der Waals surface area (Å²) in [4.78, 5) is 14.3. The van der Waals surface area contributed by atoms with Gasteiger partial charge in [-0.1, -0.05) is 6.92 Å². The molecule has 1 amide bonds. The highest BCUT2D eigenvalue weighted by Crippen LogP contribution is 2.15. The standard InChI is InChI=1S/C15H20N2O3/c1-3-12(11-18)17(10-13-6-5-9-20-13)15(19)14-7-4-8-16(14)2/h4-9,12,18H,3,10-11H2,1-2H3. The first-order valence-corrected chi connectivity index (χ1v) is 6.73. The maximum atomic E-state index is 12.7. The van der Waals surface area contributed by atoms with Gasteiger partial charge in [-0.15, -0.1) is 0 Å². The van der Waals surface area contributed by atoms with Crippen LogP contribution in [0.5, 0.6) is 0 Å². The summed E-state index contributed by atoms with van der Waals surface area (Å²) in [6.45, 7) is 2.25. The number of aliphatic hydroxyl groups excluding tert-OH is 1. The molecule has 20 heavy (non-hydrogen) atoms. The molecule has 0 fully saturated rings. The first-order chi connectivity index (χ1) is 9.67. The highest BCUT2D eigenvalue weighted by Gasteiger charge is 2.25. The summed E-state index contributed by atoms with van der Waals surface area (Å²) >= 11 is 0. The Kier molecular flexibility index (Phi) is 4.63. The third-order valence-electron chi connectivity index (χ3n) is 3.45. The van der Waals surface area contributed by atoms with E-state index >= 15 is 0 Å². The predicted octanol–water partition coefficient (Wildman–Crippen LogP) is 2.03. The average molecular weight is 276 g/mol. The Morgan fingerprint density at radius 3 is 2.75 bits per heavy atom. The van der Waals surface area contributed by atoms with Crippen molar-refractivity contribution in [1.82, 2.24) is 9.47 Å². The van der Waals surface area contributed by atoms with E-state index in [1.807, 2.05) is 32.3 Å². The van der Waals surface area contributed by atoms with Crippen molar-refractivity contribution >= 4 is 5.91 Å². The minimum absolute atomic E-state index is 0.0621. The van der Waals surface area contributed by atoms with Crippen LogP contribution in [0.2, 0.25) is 0 Å².